The van der Waals surface area contributed by atoms with Gasteiger partial charge in [-0.3, -0.25) is 0 Å². The molecule has 3 rings (SSSR count). The predicted octanol–water partition coefficient (Wildman–Crippen LogP) is 3.15. The molecule has 11 nitrogen and oxygen atoms in total. The average molecular weight is 609 g/mol. The number of nitriles is 1. The van der Waals surface area contributed by atoms with Gasteiger partial charge in [0.1, 0.15) is 28.1 Å². The van der Waals surface area contributed by atoms with Crippen LogP contribution in [0, 0.1) is 28.8 Å². The maximum absolute atomic E-state index is 15.4. The van der Waals surface area contributed by atoms with Crippen molar-refractivity contribution in [3.8, 4) is 23.3 Å². The molecular weight excluding hydrogens is 584 g/mol. The second-order valence-corrected chi connectivity index (χ2v) is 12.7. The van der Waals surface area contributed by atoms with Crippen molar-refractivity contribution in [3.63, 3.8) is 0 Å². The van der Waals surface area contributed by atoms with E-state index in [1.165, 1.54) is 0 Å². The second kappa shape index (κ2) is 13.0. The van der Waals surface area contributed by atoms with Crippen molar-refractivity contribution < 1.29 is 45.0 Å². The van der Waals surface area contributed by atoms with E-state index in [9.17, 15) is 22.3 Å². The van der Waals surface area contributed by atoms with Crippen LogP contribution in [0.5, 0.6) is 17.2 Å². The van der Waals surface area contributed by atoms with Crippen LogP contribution < -0.4 is 30.2 Å². The van der Waals surface area contributed by atoms with Crippen LogP contribution in [-0.4, -0.2) is 45.9 Å². The zero-order valence-corrected chi connectivity index (χ0v) is 22.7. The molecule has 0 aliphatic heterocycles. The first kappa shape index (κ1) is 30.6. The Bertz CT molecular complexity index is 1490. The summed E-state index contributed by atoms with van der Waals surface area (Å²) in [7, 11) is -9.30. The number of halogens is 3. The molecule has 6 N–H and O–H groups in total. The predicted molar refractivity (Wildman–Crippen MR) is 137 cm³/mol. The quantitative estimate of drug-likeness (QED) is 0.156. The van der Waals surface area contributed by atoms with E-state index in [4.69, 9.17) is 30.7 Å². The van der Waals surface area contributed by atoms with Crippen LogP contribution in [0.4, 0.5) is 13.2 Å². The van der Waals surface area contributed by atoms with Gasteiger partial charge in [0, 0.05) is 11.5 Å². The van der Waals surface area contributed by atoms with Crippen LogP contribution >= 0.6 is 18.9 Å². The lowest BCUT2D eigenvalue weighted by atomic mass is 10.2. The third-order valence-corrected chi connectivity index (χ3v) is 9.24. The number of nitrogens with two attached hydrogens (primary N) is 2. The number of rotatable bonds is 14. The maximum atomic E-state index is 15.4. The minimum absolute atomic E-state index is 0.0569. The van der Waals surface area contributed by atoms with Crippen molar-refractivity contribution >= 4 is 39.0 Å². The van der Waals surface area contributed by atoms with Crippen molar-refractivity contribution in [1.82, 2.24) is 4.72 Å². The summed E-state index contributed by atoms with van der Waals surface area (Å²) in [5.74, 6) is -4.66. The Morgan fingerprint density at radius 3 is 2.23 bits per heavy atom. The Morgan fingerprint density at radius 1 is 1.05 bits per heavy atom. The SMILES string of the molecule is N#Cc1ccc(OP(=O)(O)CNS(=O)(=O)c2cc3c(F)c(OCCCN)c(OCCCN)c(F)c3s2)cc1F. The van der Waals surface area contributed by atoms with E-state index in [2.05, 4.69) is 0 Å². The van der Waals surface area contributed by atoms with Gasteiger partial charge in [-0.15, -0.1) is 11.3 Å². The first-order chi connectivity index (χ1) is 18.4. The van der Waals surface area contributed by atoms with Gasteiger partial charge in [-0.2, -0.15) is 9.98 Å². The van der Waals surface area contributed by atoms with Crippen LogP contribution in [0.2, 0.25) is 0 Å². The summed E-state index contributed by atoms with van der Waals surface area (Å²) in [4.78, 5) is 10.1. The highest BCUT2D eigenvalue weighted by Gasteiger charge is 2.30. The molecule has 0 amide bonds. The standard InChI is InChI=1S/C22H24F3N4O7PS2/c23-16-9-14(4-3-13(16)11-28)36-37(30,31)12-29-39(32,33)17-10-15-18(24)20(34-7-1-5-26)21(35-8-2-6-27)19(25)22(15)38-17/h3-4,9-10,29H,1-2,5-8,12,26-27H2,(H,30,31). The fourth-order valence-corrected chi connectivity index (χ4v) is 7.04. The zero-order valence-electron chi connectivity index (χ0n) is 20.2. The summed E-state index contributed by atoms with van der Waals surface area (Å²) >= 11 is 0.358. The molecule has 1 aromatic heterocycles. The van der Waals surface area contributed by atoms with Crippen LogP contribution in [-0.2, 0) is 14.6 Å². The Labute approximate surface area is 225 Å². The van der Waals surface area contributed by atoms with Gasteiger partial charge in [-0.25, -0.2) is 26.2 Å². The van der Waals surface area contributed by atoms with Gasteiger partial charge >= 0.3 is 7.60 Å². The van der Waals surface area contributed by atoms with Crippen molar-refractivity contribution in [3.05, 3.63) is 47.3 Å². The van der Waals surface area contributed by atoms with Crippen LogP contribution in [0.1, 0.15) is 18.4 Å². The second-order valence-electron chi connectivity index (χ2n) is 7.86. The third-order valence-electron chi connectivity index (χ3n) is 4.97. The Morgan fingerprint density at radius 2 is 1.67 bits per heavy atom. The van der Waals surface area contributed by atoms with Crippen molar-refractivity contribution in [2.45, 2.75) is 17.1 Å². The van der Waals surface area contributed by atoms with E-state index in [1.807, 2.05) is 4.72 Å². The highest BCUT2D eigenvalue weighted by molar-refractivity contribution is 7.92. The number of hydrogen-bond acceptors (Lipinski definition) is 10. The number of thiophene rings is 1. The topological polar surface area (TPSA) is 187 Å². The normalized spacial score (nSPS) is 13.2. The molecule has 0 bridgehead atoms. The number of nitrogens with one attached hydrogen (secondary N) is 1. The molecule has 0 aliphatic rings. The molecule has 212 valence electrons. The number of ether oxygens (including phenoxy) is 2. The average Bonchev–Trinajstić information content (AvgIpc) is 3.35. The minimum Gasteiger partial charge on any atom is -0.487 e. The Kier molecular flexibility index (Phi) is 10.2. The Hall–Kier alpha value is -2.90. The lowest BCUT2D eigenvalue weighted by Crippen LogP contribution is -2.25. The minimum atomic E-state index is -4.72. The van der Waals surface area contributed by atoms with E-state index in [1.54, 1.807) is 6.07 Å². The molecule has 1 unspecified atom stereocenters. The molecule has 0 aliphatic carbocycles. The van der Waals surface area contributed by atoms with E-state index < -0.39 is 72.9 Å². The van der Waals surface area contributed by atoms with Crippen LogP contribution in [0.25, 0.3) is 10.1 Å². The van der Waals surface area contributed by atoms with Gasteiger partial charge in [-0.05, 0) is 44.1 Å². The van der Waals surface area contributed by atoms with Crippen molar-refractivity contribution in [2.75, 3.05) is 32.6 Å². The van der Waals surface area contributed by atoms with Crippen LogP contribution in [0.15, 0.2) is 28.5 Å². The van der Waals surface area contributed by atoms with E-state index in [0.29, 0.717) is 30.2 Å². The number of sulfonamides is 1. The molecule has 2 aromatic carbocycles. The maximum Gasteiger partial charge on any atom is 0.391 e. The summed E-state index contributed by atoms with van der Waals surface area (Å²) in [5.41, 5.74) is 10.5. The molecular formula is C22H24F3N4O7PS2. The van der Waals surface area contributed by atoms with Crippen molar-refractivity contribution in [2.24, 2.45) is 11.5 Å². The molecule has 0 saturated heterocycles. The fourth-order valence-electron chi connectivity index (χ4n) is 3.10. The van der Waals surface area contributed by atoms with E-state index in [-0.39, 0.29) is 31.9 Å². The van der Waals surface area contributed by atoms with Crippen molar-refractivity contribution in [1.29, 1.82) is 5.26 Å². The van der Waals surface area contributed by atoms with Gasteiger partial charge in [0.25, 0.3) is 10.0 Å². The largest absolute Gasteiger partial charge is 0.487 e. The number of fused-ring (bicyclic) bond motifs is 1. The van der Waals surface area contributed by atoms with Gasteiger partial charge in [0.15, 0.2) is 11.6 Å². The molecule has 0 saturated carbocycles. The zero-order chi connectivity index (χ0) is 28.8. The lowest BCUT2D eigenvalue weighted by molar-refractivity contribution is 0.247. The Balaban J connectivity index is 1.88. The molecule has 3 aromatic rings. The number of benzene rings is 2. The summed E-state index contributed by atoms with van der Waals surface area (Å²) < 4.78 is 98.9. The lowest BCUT2D eigenvalue weighted by Gasteiger charge is -2.15. The molecule has 1 atom stereocenters. The van der Waals surface area contributed by atoms with Gasteiger partial charge in [0.05, 0.1) is 23.5 Å². The monoisotopic (exact) mass is 608 g/mol. The highest BCUT2D eigenvalue weighted by atomic mass is 32.2. The van der Waals surface area contributed by atoms with Gasteiger partial charge in [0.2, 0.25) is 11.5 Å². The van der Waals surface area contributed by atoms with Gasteiger partial charge < -0.3 is 30.4 Å². The first-order valence-corrected chi connectivity index (χ1v) is 15.3. The fraction of sp³-hybridized carbons (Fsp3) is 0.318. The highest BCUT2D eigenvalue weighted by Crippen LogP contribution is 2.45. The number of nitrogens with zero attached hydrogens (tertiary/aromatic N) is 1. The number of hydrogen-bond donors (Lipinski definition) is 4. The van der Waals surface area contributed by atoms with E-state index >= 15 is 8.78 Å². The van der Waals surface area contributed by atoms with Gasteiger partial charge in [-0.1, -0.05) is 0 Å². The molecule has 0 spiro atoms. The summed E-state index contributed by atoms with van der Waals surface area (Å²) in [6, 6.07) is 5.17. The summed E-state index contributed by atoms with van der Waals surface area (Å²) in [6.45, 7) is 0.331. The smallest absolute Gasteiger partial charge is 0.391 e. The molecule has 0 fully saturated rings. The third kappa shape index (κ3) is 7.40. The summed E-state index contributed by atoms with van der Waals surface area (Å²) in [5, 5.41) is 8.34. The molecule has 39 heavy (non-hydrogen) atoms. The van der Waals surface area contributed by atoms with Crippen LogP contribution in [0.3, 0.4) is 0 Å². The molecule has 1 heterocycles. The molecule has 0 radical (unpaired) electrons. The molecule has 17 heteroatoms. The van der Waals surface area contributed by atoms with E-state index in [0.717, 1.165) is 18.2 Å². The summed E-state index contributed by atoms with van der Waals surface area (Å²) in [6.07, 6.45) is -0.502. The first-order valence-electron chi connectivity index (χ1n) is 11.2.